The summed E-state index contributed by atoms with van der Waals surface area (Å²) in [5.41, 5.74) is 1.92. The van der Waals surface area contributed by atoms with Gasteiger partial charge in [0.2, 0.25) is 11.8 Å². The quantitative estimate of drug-likeness (QED) is 0.125. The first-order valence-corrected chi connectivity index (χ1v) is 18.0. The standard InChI is InChI=1S/C40H55N5O5/c1-5-23-42-39(49)44-40(29(3)6-2)22-24-45(38(40)48)35(21-20-30-14-9-7-10-15-30)37(47)43-34(26-31-16-11-8-12-17-31)36(46)28-41-27-32-18-13-19-33(25-32)50-4/h7-19,25,29,34-36,41,46H,5-6,20-24,26-28H2,1-4H3,(H,43,47)(H2,42,44,49)/t29-,34-,35-,36+,40-/m0/s1. The predicted molar refractivity (Wildman–Crippen MR) is 197 cm³/mol. The zero-order chi connectivity index (χ0) is 35.9. The minimum Gasteiger partial charge on any atom is -0.497 e. The smallest absolute Gasteiger partial charge is 0.315 e. The number of urea groups is 1. The van der Waals surface area contributed by atoms with Crippen LogP contribution in [-0.2, 0) is 29.0 Å². The molecule has 3 aromatic carbocycles. The van der Waals surface area contributed by atoms with E-state index in [1.807, 2.05) is 106 Å². The van der Waals surface area contributed by atoms with E-state index in [9.17, 15) is 19.5 Å². The Morgan fingerprint density at radius 1 is 0.960 bits per heavy atom. The van der Waals surface area contributed by atoms with Gasteiger partial charge in [-0.2, -0.15) is 0 Å². The molecule has 1 saturated heterocycles. The monoisotopic (exact) mass is 685 g/mol. The van der Waals surface area contributed by atoms with Crippen LogP contribution in [0, 0.1) is 5.92 Å². The molecule has 10 nitrogen and oxygen atoms in total. The molecule has 0 spiro atoms. The van der Waals surface area contributed by atoms with Crippen molar-refractivity contribution in [3.8, 4) is 5.75 Å². The molecule has 0 bridgehead atoms. The number of ether oxygens (including phenoxy) is 1. The molecule has 270 valence electrons. The number of carbonyl (C=O) groups is 3. The lowest BCUT2D eigenvalue weighted by molar-refractivity contribution is -0.142. The number of aryl methyl sites for hydroxylation is 1. The maximum atomic E-state index is 14.5. The summed E-state index contributed by atoms with van der Waals surface area (Å²) in [4.78, 5) is 43.5. The van der Waals surface area contributed by atoms with Crippen molar-refractivity contribution in [2.75, 3.05) is 26.7 Å². The number of likely N-dealkylation sites (tertiary alicyclic amines) is 1. The first-order chi connectivity index (χ1) is 24.2. The van der Waals surface area contributed by atoms with E-state index in [1.54, 1.807) is 12.0 Å². The van der Waals surface area contributed by atoms with Gasteiger partial charge in [0.05, 0.1) is 19.3 Å². The lowest BCUT2D eigenvalue weighted by atomic mass is 9.81. The third-order valence-electron chi connectivity index (χ3n) is 9.85. The van der Waals surface area contributed by atoms with Crippen molar-refractivity contribution in [3.63, 3.8) is 0 Å². The minimum absolute atomic E-state index is 0.145. The average molecular weight is 686 g/mol. The van der Waals surface area contributed by atoms with Gasteiger partial charge in [0.15, 0.2) is 0 Å². The van der Waals surface area contributed by atoms with Crippen molar-refractivity contribution in [1.82, 2.24) is 26.2 Å². The molecule has 5 atom stereocenters. The van der Waals surface area contributed by atoms with E-state index in [-0.39, 0.29) is 30.3 Å². The highest BCUT2D eigenvalue weighted by Gasteiger charge is 2.53. The number of hydrogen-bond acceptors (Lipinski definition) is 6. The number of benzene rings is 3. The van der Waals surface area contributed by atoms with Gasteiger partial charge in [-0.1, -0.05) is 100.0 Å². The number of nitrogens with zero attached hydrogens (tertiary/aromatic N) is 1. The largest absolute Gasteiger partial charge is 0.497 e. The van der Waals surface area contributed by atoms with Gasteiger partial charge in [0.25, 0.3) is 0 Å². The molecule has 5 N–H and O–H groups in total. The molecule has 10 heteroatoms. The van der Waals surface area contributed by atoms with Crippen LogP contribution in [-0.4, -0.2) is 78.3 Å². The van der Waals surface area contributed by atoms with Crippen LogP contribution in [0.2, 0.25) is 0 Å². The van der Waals surface area contributed by atoms with Crippen LogP contribution in [0.1, 0.15) is 63.1 Å². The number of carbonyl (C=O) groups excluding carboxylic acids is 3. The molecule has 0 aliphatic carbocycles. The van der Waals surface area contributed by atoms with Crippen molar-refractivity contribution in [2.24, 2.45) is 5.92 Å². The van der Waals surface area contributed by atoms with Gasteiger partial charge in [-0.15, -0.1) is 0 Å². The van der Waals surface area contributed by atoms with Crippen molar-refractivity contribution in [1.29, 1.82) is 0 Å². The zero-order valence-electron chi connectivity index (χ0n) is 30.0. The number of aliphatic hydroxyl groups excluding tert-OH is 1. The van der Waals surface area contributed by atoms with Gasteiger partial charge < -0.3 is 36.0 Å². The van der Waals surface area contributed by atoms with E-state index in [4.69, 9.17) is 4.74 Å². The summed E-state index contributed by atoms with van der Waals surface area (Å²) in [7, 11) is 1.63. The van der Waals surface area contributed by atoms with Crippen molar-refractivity contribution in [3.05, 3.63) is 102 Å². The molecule has 1 aliphatic heterocycles. The van der Waals surface area contributed by atoms with Crippen LogP contribution in [0.4, 0.5) is 4.79 Å². The molecular weight excluding hydrogens is 630 g/mol. The fourth-order valence-electron chi connectivity index (χ4n) is 6.68. The average Bonchev–Trinajstić information content (AvgIpc) is 3.46. The second-order valence-corrected chi connectivity index (χ2v) is 13.3. The number of amides is 4. The number of nitrogens with one attached hydrogen (secondary N) is 4. The normalized spacial score (nSPS) is 18.2. The Labute approximate surface area is 297 Å². The highest BCUT2D eigenvalue weighted by molar-refractivity contribution is 5.96. The van der Waals surface area contributed by atoms with Gasteiger partial charge in [0, 0.05) is 26.2 Å². The van der Waals surface area contributed by atoms with Gasteiger partial charge >= 0.3 is 6.03 Å². The van der Waals surface area contributed by atoms with Gasteiger partial charge in [-0.3, -0.25) is 9.59 Å². The van der Waals surface area contributed by atoms with Gasteiger partial charge in [-0.05, 0) is 66.8 Å². The first-order valence-electron chi connectivity index (χ1n) is 18.0. The lowest BCUT2D eigenvalue weighted by Crippen LogP contribution is -2.62. The molecule has 0 radical (unpaired) electrons. The summed E-state index contributed by atoms with van der Waals surface area (Å²) in [6.45, 7) is 7.54. The van der Waals surface area contributed by atoms with E-state index in [0.717, 1.165) is 28.9 Å². The van der Waals surface area contributed by atoms with Crippen LogP contribution in [0.5, 0.6) is 5.75 Å². The molecule has 1 fully saturated rings. The maximum absolute atomic E-state index is 14.5. The first kappa shape index (κ1) is 38.4. The Kier molecular flexibility index (Phi) is 14.7. The van der Waals surface area contributed by atoms with Crippen LogP contribution in [0.25, 0.3) is 0 Å². The van der Waals surface area contributed by atoms with E-state index in [2.05, 4.69) is 21.3 Å². The summed E-state index contributed by atoms with van der Waals surface area (Å²) in [5, 5.41) is 23.9. The molecule has 0 saturated carbocycles. The fourth-order valence-corrected chi connectivity index (χ4v) is 6.68. The van der Waals surface area contributed by atoms with Crippen molar-refractivity contribution < 1.29 is 24.2 Å². The topological polar surface area (TPSA) is 132 Å². The summed E-state index contributed by atoms with van der Waals surface area (Å²) in [5.74, 6) is 0.0454. The number of rotatable bonds is 19. The Bertz CT molecular complexity index is 1510. The lowest BCUT2D eigenvalue weighted by Gasteiger charge is -2.36. The van der Waals surface area contributed by atoms with E-state index >= 15 is 0 Å². The SMILES string of the molecule is CCCNC(=O)N[C@]1([C@@H](C)CC)CCN([C@@H](CCc2ccccc2)C(=O)N[C@@H](Cc2ccccc2)[C@H](O)CNCc2cccc(OC)c2)C1=O. The molecule has 4 rings (SSSR count). The summed E-state index contributed by atoms with van der Waals surface area (Å²) < 4.78 is 5.34. The molecule has 4 amide bonds. The number of hydrogen-bond donors (Lipinski definition) is 5. The second-order valence-electron chi connectivity index (χ2n) is 13.3. The predicted octanol–water partition coefficient (Wildman–Crippen LogP) is 4.60. The van der Waals surface area contributed by atoms with Crippen molar-refractivity contribution >= 4 is 17.8 Å². The number of aliphatic hydroxyl groups is 1. The van der Waals surface area contributed by atoms with E-state index < -0.39 is 23.7 Å². The summed E-state index contributed by atoms with van der Waals surface area (Å²) in [6.07, 6.45) is 2.32. The zero-order valence-corrected chi connectivity index (χ0v) is 30.0. The molecule has 1 aliphatic rings. The Morgan fingerprint density at radius 3 is 2.30 bits per heavy atom. The minimum atomic E-state index is -1.12. The fraction of sp³-hybridized carbons (Fsp3) is 0.475. The molecule has 3 aromatic rings. The third-order valence-corrected chi connectivity index (χ3v) is 9.85. The van der Waals surface area contributed by atoms with Crippen LogP contribution in [0.3, 0.4) is 0 Å². The second kappa shape index (κ2) is 19.1. The molecular formula is C40H55N5O5. The Hall–Kier alpha value is -4.41. The van der Waals surface area contributed by atoms with E-state index in [0.29, 0.717) is 51.7 Å². The van der Waals surface area contributed by atoms with Crippen LogP contribution < -0.4 is 26.0 Å². The maximum Gasteiger partial charge on any atom is 0.315 e. The van der Waals surface area contributed by atoms with E-state index in [1.165, 1.54) is 0 Å². The Morgan fingerprint density at radius 2 is 1.64 bits per heavy atom. The highest BCUT2D eigenvalue weighted by atomic mass is 16.5. The molecule has 1 heterocycles. The third kappa shape index (κ3) is 10.3. The Balaban J connectivity index is 1.57. The highest BCUT2D eigenvalue weighted by Crippen LogP contribution is 2.34. The van der Waals surface area contributed by atoms with Gasteiger partial charge in [0.1, 0.15) is 17.3 Å². The summed E-state index contributed by atoms with van der Waals surface area (Å²) in [6, 6.07) is 25.6. The van der Waals surface area contributed by atoms with Crippen LogP contribution in [0.15, 0.2) is 84.9 Å². The molecule has 50 heavy (non-hydrogen) atoms. The molecule has 0 unspecified atom stereocenters. The molecule has 0 aromatic heterocycles. The summed E-state index contributed by atoms with van der Waals surface area (Å²) >= 11 is 0. The van der Waals surface area contributed by atoms with Crippen LogP contribution >= 0.6 is 0 Å². The van der Waals surface area contributed by atoms with Gasteiger partial charge in [-0.25, -0.2) is 4.79 Å². The van der Waals surface area contributed by atoms with Crippen molar-refractivity contribution in [2.45, 2.75) is 89.6 Å². The number of methoxy groups -OCH3 is 1.